The van der Waals surface area contributed by atoms with E-state index >= 15 is 0 Å². The van der Waals surface area contributed by atoms with Gasteiger partial charge in [0.2, 0.25) is 5.91 Å². The van der Waals surface area contributed by atoms with Crippen LogP contribution in [0, 0.1) is 5.92 Å². The molecule has 0 heterocycles. The van der Waals surface area contributed by atoms with Crippen molar-refractivity contribution in [2.75, 3.05) is 26.2 Å². The highest BCUT2D eigenvalue weighted by atomic mass is 16.2. The molecule has 0 rings (SSSR count). The molecule has 0 aliphatic heterocycles. The topological polar surface area (TPSA) is 89.4 Å². The number of Topliss-reactive ketones (excluding diaryl/α,β-unsaturated/α-hetero) is 1. The second-order valence-electron chi connectivity index (χ2n) is 4.08. The van der Waals surface area contributed by atoms with Gasteiger partial charge in [-0.25, -0.2) is 0 Å². The standard InChI is InChI=1S/C11H23N3O2/c1-9(2)10(15)3-4-11(16)14(7-5-12)8-6-13/h9H,3-8,12-13H2,1-2H3. The summed E-state index contributed by atoms with van der Waals surface area (Å²) in [6.07, 6.45) is 0.569. The molecule has 0 aromatic heterocycles. The van der Waals surface area contributed by atoms with E-state index in [1.54, 1.807) is 4.90 Å². The van der Waals surface area contributed by atoms with Gasteiger partial charge in [0, 0.05) is 44.9 Å². The lowest BCUT2D eigenvalue weighted by atomic mass is 10.0. The van der Waals surface area contributed by atoms with Crippen LogP contribution in [0.5, 0.6) is 0 Å². The van der Waals surface area contributed by atoms with Gasteiger partial charge >= 0.3 is 0 Å². The molecule has 0 aliphatic rings. The molecular weight excluding hydrogens is 206 g/mol. The molecule has 4 N–H and O–H groups in total. The Morgan fingerprint density at radius 2 is 1.56 bits per heavy atom. The van der Waals surface area contributed by atoms with Crippen LogP contribution in [0.15, 0.2) is 0 Å². The fourth-order valence-electron chi connectivity index (χ4n) is 1.35. The number of carbonyl (C=O) groups excluding carboxylic acids is 2. The van der Waals surface area contributed by atoms with Gasteiger partial charge in [0.1, 0.15) is 5.78 Å². The van der Waals surface area contributed by atoms with E-state index in [9.17, 15) is 9.59 Å². The number of nitrogens with two attached hydrogens (primary N) is 2. The molecule has 0 atom stereocenters. The van der Waals surface area contributed by atoms with Crippen LogP contribution in [0.3, 0.4) is 0 Å². The molecule has 0 aliphatic carbocycles. The van der Waals surface area contributed by atoms with Gasteiger partial charge in [0.15, 0.2) is 0 Å². The summed E-state index contributed by atoms with van der Waals surface area (Å²) >= 11 is 0. The molecule has 0 saturated heterocycles. The first-order chi connectivity index (χ1) is 7.52. The Labute approximate surface area is 97.2 Å². The second kappa shape index (κ2) is 8.24. The van der Waals surface area contributed by atoms with Crippen LogP contribution in [-0.4, -0.2) is 42.8 Å². The van der Waals surface area contributed by atoms with Gasteiger partial charge in [0.25, 0.3) is 0 Å². The van der Waals surface area contributed by atoms with Crippen molar-refractivity contribution in [1.29, 1.82) is 0 Å². The van der Waals surface area contributed by atoms with Crippen molar-refractivity contribution in [3.05, 3.63) is 0 Å². The molecule has 0 fully saturated rings. The van der Waals surface area contributed by atoms with Crippen LogP contribution >= 0.6 is 0 Å². The highest BCUT2D eigenvalue weighted by Gasteiger charge is 2.14. The SMILES string of the molecule is CC(C)C(=O)CCC(=O)N(CCN)CCN. The Morgan fingerprint density at radius 3 is 1.94 bits per heavy atom. The van der Waals surface area contributed by atoms with E-state index in [1.807, 2.05) is 13.8 Å². The van der Waals surface area contributed by atoms with Gasteiger partial charge in [-0.3, -0.25) is 9.59 Å². The van der Waals surface area contributed by atoms with E-state index in [4.69, 9.17) is 11.5 Å². The largest absolute Gasteiger partial charge is 0.340 e. The van der Waals surface area contributed by atoms with E-state index in [-0.39, 0.29) is 24.0 Å². The summed E-state index contributed by atoms with van der Waals surface area (Å²) in [5.74, 6) is 0.0731. The molecule has 5 nitrogen and oxygen atoms in total. The van der Waals surface area contributed by atoms with Gasteiger partial charge in [-0.05, 0) is 0 Å². The highest BCUT2D eigenvalue weighted by molar-refractivity contribution is 5.86. The Bertz CT molecular complexity index is 223. The highest BCUT2D eigenvalue weighted by Crippen LogP contribution is 2.04. The normalized spacial score (nSPS) is 10.6. The quantitative estimate of drug-likeness (QED) is 0.600. The van der Waals surface area contributed by atoms with Gasteiger partial charge in [-0.2, -0.15) is 0 Å². The Hall–Kier alpha value is -0.940. The van der Waals surface area contributed by atoms with Crippen molar-refractivity contribution in [3.8, 4) is 0 Å². The third kappa shape index (κ3) is 5.82. The summed E-state index contributed by atoms with van der Waals surface area (Å²) in [5, 5.41) is 0. The average Bonchev–Trinajstić information content (AvgIpc) is 2.24. The minimum Gasteiger partial charge on any atom is -0.340 e. The third-order valence-electron chi connectivity index (χ3n) is 2.38. The van der Waals surface area contributed by atoms with Crippen LogP contribution in [-0.2, 0) is 9.59 Å². The first kappa shape index (κ1) is 15.1. The predicted octanol–water partition coefficient (Wildman–Crippen LogP) is -0.262. The van der Waals surface area contributed by atoms with Crippen molar-refractivity contribution < 1.29 is 9.59 Å². The van der Waals surface area contributed by atoms with E-state index in [0.717, 1.165) is 0 Å². The van der Waals surface area contributed by atoms with Crippen molar-refractivity contribution in [2.24, 2.45) is 17.4 Å². The predicted molar refractivity (Wildman–Crippen MR) is 63.8 cm³/mol. The summed E-state index contributed by atoms with van der Waals surface area (Å²) in [7, 11) is 0. The zero-order valence-corrected chi connectivity index (χ0v) is 10.2. The molecule has 16 heavy (non-hydrogen) atoms. The maximum absolute atomic E-state index is 11.7. The molecule has 94 valence electrons. The van der Waals surface area contributed by atoms with E-state index in [2.05, 4.69) is 0 Å². The third-order valence-corrected chi connectivity index (χ3v) is 2.38. The molecule has 0 spiro atoms. The van der Waals surface area contributed by atoms with Gasteiger partial charge in [-0.15, -0.1) is 0 Å². The molecule has 0 radical (unpaired) electrons. The number of ketones is 1. The number of hydrogen-bond donors (Lipinski definition) is 2. The minimum absolute atomic E-state index is 0.00901. The fourth-order valence-corrected chi connectivity index (χ4v) is 1.35. The van der Waals surface area contributed by atoms with Crippen molar-refractivity contribution >= 4 is 11.7 Å². The van der Waals surface area contributed by atoms with Crippen LogP contribution in [0.2, 0.25) is 0 Å². The number of amides is 1. The van der Waals surface area contributed by atoms with Gasteiger partial charge in [0.05, 0.1) is 0 Å². The lowest BCUT2D eigenvalue weighted by Crippen LogP contribution is -2.39. The molecule has 0 aromatic rings. The Balaban J connectivity index is 4.04. The van der Waals surface area contributed by atoms with Crippen molar-refractivity contribution in [2.45, 2.75) is 26.7 Å². The number of hydrogen-bond acceptors (Lipinski definition) is 4. The van der Waals surface area contributed by atoms with E-state index in [0.29, 0.717) is 32.6 Å². The monoisotopic (exact) mass is 229 g/mol. The molecule has 1 amide bonds. The fraction of sp³-hybridized carbons (Fsp3) is 0.818. The lowest BCUT2D eigenvalue weighted by molar-refractivity contribution is -0.133. The molecule has 0 bridgehead atoms. The first-order valence-corrected chi connectivity index (χ1v) is 5.73. The zero-order valence-electron chi connectivity index (χ0n) is 10.2. The van der Waals surface area contributed by atoms with Crippen LogP contribution in [0.1, 0.15) is 26.7 Å². The van der Waals surface area contributed by atoms with Gasteiger partial charge in [-0.1, -0.05) is 13.8 Å². The summed E-state index contributed by atoms with van der Waals surface area (Å²) in [4.78, 5) is 24.7. The summed E-state index contributed by atoms with van der Waals surface area (Å²) in [6.45, 7) is 5.53. The molecular formula is C11H23N3O2. The van der Waals surface area contributed by atoms with E-state index in [1.165, 1.54) is 0 Å². The first-order valence-electron chi connectivity index (χ1n) is 5.73. The summed E-state index contributed by atoms with van der Waals surface area (Å²) in [6, 6.07) is 0. The van der Waals surface area contributed by atoms with Crippen molar-refractivity contribution in [3.63, 3.8) is 0 Å². The minimum atomic E-state index is -0.0371. The van der Waals surface area contributed by atoms with Crippen LogP contribution < -0.4 is 11.5 Å². The summed E-state index contributed by atoms with van der Waals surface area (Å²) < 4.78 is 0. The Kier molecular flexibility index (Phi) is 7.76. The smallest absolute Gasteiger partial charge is 0.223 e. The molecule has 0 saturated carbocycles. The van der Waals surface area contributed by atoms with Crippen LogP contribution in [0.25, 0.3) is 0 Å². The van der Waals surface area contributed by atoms with Crippen LogP contribution in [0.4, 0.5) is 0 Å². The van der Waals surface area contributed by atoms with Gasteiger partial charge < -0.3 is 16.4 Å². The van der Waals surface area contributed by atoms with E-state index < -0.39 is 0 Å². The molecule has 0 unspecified atom stereocenters. The maximum Gasteiger partial charge on any atom is 0.223 e. The zero-order chi connectivity index (χ0) is 12.6. The maximum atomic E-state index is 11.7. The average molecular weight is 229 g/mol. The molecule has 5 heteroatoms. The Morgan fingerprint density at radius 1 is 1.06 bits per heavy atom. The number of nitrogens with zero attached hydrogens (tertiary/aromatic N) is 1. The lowest BCUT2D eigenvalue weighted by Gasteiger charge is -2.21. The summed E-state index contributed by atoms with van der Waals surface area (Å²) in [5.41, 5.74) is 10.8. The number of rotatable bonds is 8. The molecule has 0 aromatic carbocycles. The number of carbonyl (C=O) groups is 2. The van der Waals surface area contributed by atoms with Crippen molar-refractivity contribution in [1.82, 2.24) is 4.90 Å². The second-order valence-corrected chi connectivity index (χ2v) is 4.08.